The van der Waals surface area contributed by atoms with Gasteiger partial charge in [-0.3, -0.25) is 0 Å². The summed E-state index contributed by atoms with van der Waals surface area (Å²) in [5.41, 5.74) is 0.845. The summed E-state index contributed by atoms with van der Waals surface area (Å²) in [5.74, 6) is -1.73. The van der Waals surface area contributed by atoms with Crippen LogP contribution in [0.3, 0.4) is 0 Å². The van der Waals surface area contributed by atoms with E-state index in [9.17, 15) is 18.8 Å². The van der Waals surface area contributed by atoms with E-state index < -0.39 is 29.8 Å². The third-order valence-electron chi connectivity index (χ3n) is 3.48. The number of hydrogen-bond donors (Lipinski definition) is 2. The maximum absolute atomic E-state index is 13.1. The van der Waals surface area contributed by atoms with Gasteiger partial charge in [-0.1, -0.05) is 12.1 Å². The topological polar surface area (TPSA) is 93.7 Å². The lowest BCUT2D eigenvalue weighted by Crippen LogP contribution is -2.50. The summed E-state index contributed by atoms with van der Waals surface area (Å²) in [7, 11) is 0. The van der Waals surface area contributed by atoms with Gasteiger partial charge in [0.1, 0.15) is 12.4 Å². The summed E-state index contributed by atoms with van der Waals surface area (Å²) in [4.78, 5) is 35.5. The zero-order valence-corrected chi connectivity index (χ0v) is 14.4. The van der Waals surface area contributed by atoms with Gasteiger partial charge in [-0.15, -0.1) is 0 Å². The molecule has 0 spiro atoms. The van der Waals surface area contributed by atoms with Gasteiger partial charge in [0, 0.05) is 6.08 Å². The lowest BCUT2D eigenvalue weighted by atomic mass is 10.0. The van der Waals surface area contributed by atoms with Gasteiger partial charge in [0.2, 0.25) is 0 Å². The molecule has 0 unspecified atom stereocenters. The Morgan fingerprint density at radius 3 is 2.77 bits per heavy atom. The van der Waals surface area contributed by atoms with Crippen LogP contribution in [-0.2, 0) is 19.1 Å². The van der Waals surface area contributed by atoms with Crippen LogP contribution in [0.2, 0.25) is 0 Å². The van der Waals surface area contributed by atoms with Crippen LogP contribution < -0.4 is 10.6 Å². The minimum atomic E-state index is -0.703. The maximum Gasteiger partial charge on any atom is 0.338 e. The molecule has 0 radical (unpaired) electrons. The number of hydrogen-bond acceptors (Lipinski definition) is 5. The quantitative estimate of drug-likeness (QED) is 0.595. The Hall–Kier alpha value is -3.16. The number of benzene rings is 1. The number of esters is 2. The molecule has 0 bridgehead atoms. The SMILES string of the molecule is CCOC(=O)C1=C(COC(=O)/C=C/c2cccc(F)c2)NC(=O)N[C@@H]1C. The van der Waals surface area contributed by atoms with Crippen LogP contribution in [0, 0.1) is 5.82 Å². The van der Waals surface area contributed by atoms with E-state index in [4.69, 9.17) is 9.47 Å². The molecular weight excluding hydrogens is 343 g/mol. The molecule has 0 saturated heterocycles. The van der Waals surface area contributed by atoms with E-state index in [2.05, 4.69) is 10.6 Å². The zero-order valence-electron chi connectivity index (χ0n) is 14.4. The van der Waals surface area contributed by atoms with Gasteiger partial charge in [0.15, 0.2) is 0 Å². The van der Waals surface area contributed by atoms with Crippen molar-refractivity contribution in [3.63, 3.8) is 0 Å². The highest BCUT2D eigenvalue weighted by Crippen LogP contribution is 2.15. The van der Waals surface area contributed by atoms with Gasteiger partial charge < -0.3 is 20.1 Å². The second-order valence-corrected chi connectivity index (χ2v) is 5.43. The second-order valence-electron chi connectivity index (χ2n) is 5.43. The third kappa shape index (κ3) is 5.17. The molecule has 0 saturated carbocycles. The number of ether oxygens (including phenoxy) is 2. The summed E-state index contributed by atoms with van der Waals surface area (Å²) >= 11 is 0. The van der Waals surface area contributed by atoms with E-state index in [1.54, 1.807) is 19.9 Å². The van der Waals surface area contributed by atoms with Crippen molar-refractivity contribution in [3.05, 3.63) is 53.0 Å². The first-order valence-corrected chi connectivity index (χ1v) is 7.98. The number of carbonyl (C=O) groups excluding carboxylic acids is 3. The van der Waals surface area contributed by atoms with Gasteiger partial charge >= 0.3 is 18.0 Å². The summed E-state index contributed by atoms with van der Waals surface area (Å²) in [6.45, 7) is 3.15. The first-order chi connectivity index (χ1) is 12.4. The van der Waals surface area contributed by atoms with E-state index in [0.717, 1.165) is 6.08 Å². The van der Waals surface area contributed by atoms with Crippen LogP contribution in [0.4, 0.5) is 9.18 Å². The van der Waals surface area contributed by atoms with Crippen molar-refractivity contribution in [2.75, 3.05) is 13.2 Å². The molecule has 8 heteroatoms. The van der Waals surface area contributed by atoms with Gasteiger partial charge in [-0.25, -0.2) is 18.8 Å². The molecule has 2 rings (SSSR count). The van der Waals surface area contributed by atoms with E-state index in [-0.39, 0.29) is 24.5 Å². The van der Waals surface area contributed by atoms with E-state index in [1.165, 1.54) is 24.3 Å². The average Bonchev–Trinajstić information content (AvgIpc) is 2.57. The average molecular weight is 362 g/mol. The lowest BCUT2D eigenvalue weighted by Gasteiger charge is -2.26. The Kier molecular flexibility index (Phi) is 6.48. The first-order valence-electron chi connectivity index (χ1n) is 7.98. The molecule has 2 N–H and O–H groups in total. The molecule has 0 aliphatic carbocycles. The minimum Gasteiger partial charge on any atom is -0.463 e. The smallest absolute Gasteiger partial charge is 0.338 e. The van der Waals surface area contributed by atoms with Crippen LogP contribution in [0.1, 0.15) is 19.4 Å². The fraction of sp³-hybridized carbons (Fsp3) is 0.278. The summed E-state index contributed by atoms with van der Waals surface area (Å²) in [6, 6.07) is 4.61. The Morgan fingerprint density at radius 2 is 2.08 bits per heavy atom. The molecule has 0 fully saturated rings. The number of rotatable bonds is 6. The highest BCUT2D eigenvalue weighted by molar-refractivity contribution is 5.95. The Labute approximate surface area is 149 Å². The zero-order chi connectivity index (χ0) is 19.1. The normalized spacial score (nSPS) is 16.9. The largest absolute Gasteiger partial charge is 0.463 e. The summed E-state index contributed by atoms with van der Waals surface area (Å²) < 4.78 is 23.1. The standard InChI is InChI=1S/C18H19FN2O5/c1-3-25-17(23)16-11(2)20-18(24)21-14(16)10-26-15(22)8-7-12-5-4-6-13(19)9-12/h4-9,11H,3,10H2,1-2H3,(H2,20,21,24)/b8-7+/t11-/m1/s1. The van der Waals surface area contributed by atoms with Crippen molar-refractivity contribution < 1.29 is 28.2 Å². The molecular formula is C18H19FN2O5. The van der Waals surface area contributed by atoms with Crippen LogP contribution in [0.25, 0.3) is 6.08 Å². The molecule has 1 heterocycles. The predicted molar refractivity (Wildman–Crippen MR) is 91.2 cm³/mol. The van der Waals surface area contributed by atoms with Gasteiger partial charge in [0.25, 0.3) is 0 Å². The molecule has 26 heavy (non-hydrogen) atoms. The van der Waals surface area contributed by atoms with Crippen molar-refractivity contribution in [1.82, 2.24) is 10.6 Å². The Morgan fingerprint density at radius 1 is 1.31 bits per heavy atom. The van der Waals surface area contributed by atoms with Gasteiger partial charge in [-0.05, 0) is 37.6 Å². The highest BCUT2D eigenvalue weighted by atomic mass is 19.1. The van der Waals surface area contributed by atoms with E-state index in [1.807, 2.05) is 0 Å². The molecule has 0 aromatic heterocycles. The van der Waals surface area contributed by atoms with Crippen molar-refractivity contribution in [3.8, 4) is 0 Å². The third-order valence-corrected chi connectivity index (χ3v) is 3.48. The number of amides is 2. The van der Waals surface area contributed by atoms with Gasteiger partial charge in [-0.2, -0.15) is 0 Å². The van der Waals surface area contributed by atoms with Crippen molar-refractivity contribution >= 4 is 24.0 Å². The Balaban J connectivity index is 2.06. The molecule has 1 aliphatic heterocycles. The fourth-order valence-electron chi connectivity index (χ4n) is 2.36. The number of urea groups is 1. The van der Waals surface area contributed by atoms with E-state index >= 15 is 0 Å². The summed E-state index contributed by atoms with van der Waals surface area (Å²) in [5, 5.41) is 4.99. The van der Waals surface area contributed by atoms with Crippen LogP contribution in [-0.4, -0.2) is 37.2 Å². The Bertz CT molecular complexity index is 773. The first kappa shape index (κ1) is 19.2. The molecule has 1 aromatic carbocycles. The monoisotopic (exact) mass is 362 g/mol. The molecule has 1 atom stereocenters. The van der Waals surface area contributed by atoms with Crippen molar-refractivity contribution in [2.24, 2.45) is 0 Å². The van der Waals surface area contributed by atoms with Crippen LogP contribution >= 0.6 is 0 Å². The predicted octanol–water partition coefficient (Wildman–Crippen LogP) is 1.90. The van der Waals surface area contributed by atoms with Crippen LogP contribution in [0.5, 0.6) is 0 Å². The number of nitrogens with one attached hydrogen (secondary N) is 2. The van der Waals surface area contributed by atoms with Crippen molar-refractivity contribution in [2.45, 2.75) is 19.9 Å². The second kappa shape index (κ2) is 8.80. The molecule has 1 aliphatic rings. The fourth-order valence-corrected chi connectivity index (χ4v) is 2.36. The number of carbonyl (C=O) groups is 3. The van der Waals surface area contributed by atoms with Crippen molar-refractivity contribution in [1.29, 1.82) is 0 Å². The summed E-state index contributed by atoms with van der Waals surface area (Å²) in [6.07, 6.45) is 2.53. The van der Waals surface area contributed by atoms with Gasteiger partial charge in [0.05, 0.1) is 23.9 Å². The minimum absolute atomic E-state index is 0.159. The number of halogens is 1. The lowest BCUT2D eigenvalue weighted by molar-refractivity contribution is -0.140. The van der Waals surface area contributed by atoms with Crippen LogP contribution in [0.15, 0.2) is 41.6 Å². The highest BCUT2D eigenvalue weighted by Gasteiger charge is 2.30. The maximum atomic E-state index is 13.1. The molecule has 1 aromatic rings. The van der Waals surface area contributed by atoms with E-state index in [0.29, 0.717) is 5.56 Å². The molecule has 2 amide bonds. The molecule has 7 nitrogen and oxygen atoms in total. The molecule has 138 valence electrons.